The summed E-state index contributed by atoms with van der Waals surface area (Å²) in [4.78, 5) is 11.9. The highest BCUT2D eigenvalue weighted by atomic mass is 32.1. The SMILES string of the molecule is O=C(c1cccs1)C(O)(c1ccccc1)C(F)(F)F. The quantitative estimate of drug-likeness (QED) is 0.878. The van der Waals surface area contributed by atoms with Gasteiger partial charge in [-0.15, -0.1) is 11.3 Å². The number of thiophene rings is 1. The third-order valence-corrected chi connectivity index (χ3v) is 3.54. The molecule has 100 valence electrons. The Morgan fingerprint density at radius 2 is 1.68 bits per heavy atom. The van der Waals surface area contributed by atoms with Crippen LogP contribution >= 0.6 is 11.3 Å². The third kappa shape index (κ3) is 2.29. The van der Waals surface area contributed by atoms with Crippen LogP contribution in [0, 0.1) is 0 Å². The summed E-state index contributed by atoms with van der Waals surface area (Å²) in [6.07, 6.45) is -5.09. The third-order valence-electron chi connectivity index (χ3n) is 2.68. The van der Waals surface area contributed by atoms with Crippen LogP contribution in [0.4, 0.5) is 13.2 Å². The number of hydrogen-bond donors (Lipinski definition) is 1. The number of halogens is 3. The second-order valence-corrected chi connectivity index (χ2v) is 4.83. The standard InChI is InChI=1S/C13H9F3O2S/c14-13(15,16)12(18,9-5-2-1-3-6-9)11(17)10-7-4-8-19-10/h1-8,18H. The zero-order valence-electron chi connectivity index (χ0n) is 9.52. The maximum Gasteiger partial charge on any atom is 0.429 e. The average molecular weight is 286 g/mol. The highest BCUT2D eigenvalue weighted by Crippen LogP contribution is 2.41. The molecule has 0 radical (unpaired) electrons. The minimum atomic E-state index is -5.09. The molecule has 1 unspecified atom stereocenters. The molecule has 0 aliphatic rings. The van der Waals surface area contributed by atoms with E-state index in [0.717, 1.165) is 23.5 Å². The van der Waals surface area contributed by atoms with Gasteiger partial charge in [-0.3, -0.25) is 4.79 Å². The summed E-state index contributed by atoms with van der Waals surface area (Å²) in [7, 11) is 0. The largest absolute Gasteiger partial charge is 0.429 e. The number of benzene rings is 1. The second-order valence-electron chi connectivity index (χ2n) is 3.88. The first kappa shape index (κ1) is 13.8. The molecule has 0 bridgehead atoms. The van der Waals surface area contributed by atoms with Crippen molar-refractivity contribution in [1.29, 1.82) is 0 Å². The van der Waals surface area contributed by atoms with Gasteiger partial charge in [0, 0.05) is 5.56 Å². The lowest BCUT2D eigenvalue weighted by atomic mass is 9.88. The van der Waals surface area contributed by atoms with Crippen LogP contribution in [0.1, 0.15) is 15.2 Å². The van der Waals surface area contributed by atoms with E-state index in [4.69, 9.17) is 0 Å². The van der Waals surface area contributed by atoms with Crippen molar-refractivity contribution in [3.05, 3.63) is 58.3 Å². The normalized spacial score (nSPS) is 14.9. The number of rotatable bonds is 3. The van der Waals surface area contributed by atoms with Crippen molar-refractivity contribution in [1.82, 2.24) is 0 Å². The van der Waals surface area contributed by atoms with E-state index in [-0.39, 0.29) is 4.88 Å². The molecule has 1 atom stereocenters. The van der Waals surface area contributed by atoms with Gasteiger partial charge >= 0.3 is 6.18 Å². The fraction of sp³-hybridized carbons (Fsp3) is 0.154. The van der Waals surface area contributed by atoms with Crippen LogP contribution < -0.4 is 0 Å². The molecular weight excluding hydrogens is 277 g/mol. The first-order valence-corrected chi connectivity index (χ1v) is 6.18. The highest BCUT2D eigenvalue weighted by Gasteiger charge is 2.60. The van der Waals surface area contributed by atoms with E-state index in [1.807, 2.05) is 0 Å². The summed E-state index contributed by atoms with van der Waals surface area (Å²) < 4.78 is 39.5. The molecule has 2 aromatic rings. The Balaban J connectivity index is 2.57. The molecular formula is C13H9F3O2S. The van der Waals surface area contributed by atoms with Crippen LogP contribution in [0.15, 0.2) is 47.8 Å². The molecule has 1 aromatic carbocycles. The van der Waals surface area contributed by atoms with Gasteiger partial charge in [0.25, 0.3) is 0 Å². The van der Waals surface area contributed by atoms with Crippen molar-refractivity contribution in [2.75, 3.05) is 0 Å². The molecule has 0 saturated carbocycles. The first-order valence-electron chi connectivity index (χ1n) is 5.30. The molecule has 2 rings (SSSR count). The summed E-state index contributed by atoms with van der Waals surface area (Å²) >= 11 is 0.859. The number of carbonyl (C=O) groups is 1. The predicted molar refractivity (Wildman–Crippen MR) is 65.0 cm³/mol. The first-order chi connectivity index (χ1) is 8.87. The van der Waals surface area contributed by atoms with E-state index in [1.54, 1.807) is 0 Å². The molecule has 2 nitrogen and oxygen atoms in total. The zero-order chi connectivity index (χ0) is 14.1. The van der Waals surface area contributed by atoms with Gasteiger partial charge in [-0.2, -0.15) is 13.2 Å². The number of alkyl halides is 3. The smallest absolute Gasteiger partial charge is 0.370 e. The van der Waals surface area contributed by atoms with Crippen LogP contribution in [-0.4, -0.2) is 17.1 Å². The minimum Gasteiger partial charge on any atom is -0.370 e. The van der Waals surface area contributed by atoms with Crippen LogP contribution in [0.25, 0.3) is 0 Å². The average Bonchev–Trinajstić information content (AvgIpc) is 2.90. The molecule has 0 fully saturated rings. The van der Waals surface area contributed by atoms with Crippen LogP contribution in [-0.2, 0) is 5.60 Å². The maximum absolute atomic E-state index is 13.2. The number of aliphatic hydroxyl groups is 1. The van der Waals surface area contributed by atoms with Crippen molar-refractivity contribution in [2.45, 2.75) is 11.8 Å². The maximum atomic E-state index is 13.2. The molecule has 1 aromatic heterocycles. The highest BCUT2D eigenvalue weighted by molar-refractivity contribution is 7.12. The fourth-order valence-electron chi connectivity index (χ4n) is 1.69. The van der Waals surface area contributed by atoms with Crippen molar-refractivity contribution in [3.63, 3.8) is 0 Å². The van der Waals surface area contributed by atoms with E-state index < -0.39 is 23.1 Å². The second kappa shape index (κ2) is 4.79. The van der Waals surface area contributed by atoms with E-state index in [1.165, 1.54) is 35.7 Å². The predicted octanol–water partition coefficient (Wildman–Crippen LogP) is 3.38. The van der Waals surface area contributed by atoms with E-state index in [0.29, 0.717) is 0 Å². The number of ketones is 1. The zero-order valence-corrected chi connectivity index (χ0v) is 10.3. The van der Waals surface area contributed by atoms with Gasteiger partial charge < -0.3 is 5.11 Å². The van der Waals surface area contributed by atoms with Crippen molar-refractivity contribution in [2.24, 2.45) is 0 Å². The lowest BCUT2D eigenvalue weighted by molar-refractivity contribution is -0.242. The molecule has 19 heavy (non-hydrogen) atoms. The van der Waals surface area contributed by atoms with Gasteiger partial charge in [-0.1, -0.05) is 36.4 Å². The van der Waals surface area contributed by atoms with E-state index in [9.17, 15) is 23.1 Å². The molecule has 1 heterocycles. The molecule has 0 amide bonds. The summed E-state index contributed by atoms with van der Waals surface area (Å²) in [5.41, 5.74) is -4.00. The van der Waals surface area contributed by atoms with E-state index in [2.05, 4.69) is 0 Å². The van der Waals surface area contributed by atoms with Crippen molar-refractivity contribution < 1.29 is 23.1 Å². The minimum absolute atomic E-state index is 0.135. The number of hydrogen-bond acceptors (Lipinski definition) is 3. The van der Waals surface area contributed by atoms with Gasteiger partial charge in [0.2, 0.25) is 11.4 Å². The Bertz CT molecular complexity index is 563. The van der Waals surface area contributed by atoms with Gasteiger partial charge in [0.1, 0.15) is 0 Å². The Morgan fingerprint density at radius 1 is 1.05 bits per heavy atom. The van der Waals surface area contributed by atoms with Crippen LogP contribution in [0.2, 0.25) is 0 Å². The van der Waals surface area contributed by atoms with Crippen molar-refractivity contribution >= 4 is 17.1 Å². The Morgan fingerprint density at radius 3 is 2.16 bits per heavy atom. The summed E-state index contributed by atoms with van der Waals surface area (Å²) in [6, 6.07) is 9.07. The lowest BCUT2D eigenvalue weighted by Gasteiger charge is -2.28. The molecule has 0 aliphatic carbocycles. The van der Waals surface area contributed by atoms with Crippen LogP contribution in [0.5, 0.6) is 0 Å². The number of carbonyl (C=O) groups excluding carboxylic acids is 1. The monoisotopic (exact) mass is 286 g/mol. The molecule has 1 N–H and O–H groups in total. The Hall–Kier alpha value is -1.66. The Labute approximate surface area is 111 Å². The lowest BCUT2D eigenvalue weighted by Crippen LogP contribution is -2.49. The summed E-state index contributed by atoms with van der Waals surface area (Å²) in [6.45, 7) is 0. The molecule has 0 spiro atoms. The molecule has 0 aliphatic heterocycles. The van der Waals surface area contributed by atoms with E-state index >= 15 is 0 Å². The Kier molecular flexibility index (Phi) is 3.47. The molecule has 6 heteroatoms. The van der Waals surface area contributed by atoms with Crippen LogP contribution in [0.3, 0.4) is 0 Å². The summed E-state index contributed by atoms with van der Waals surface area (Å²) in [5, 5.41) is 11.5. The van der Waals surface area contributed by atoms with Crippen molar-refractivity contribution in [3.8, 4) is 0 Å². The van der Waals surface area contributed by atoms with Gasteiger partial charge in [0.15, 0.2) is 0 Å². The molecule has 0 saturated heterocycles. The van der Waals surface area contributed by atoms with Gasteiger partial charge in [-0.05, 0) is 11.4 Å². The number of Topliss-reactive ketones (excluding diaryl/α,β-unsaturated/α-hetero) is 1. The fourth-order valence-corrected chi connectivity index (χ4v) is 2.40. The summed E-state index contributed by atoms with van der Waals surface area (Å²) in [5.74, 6) is -1.36. The van der Waals surface area contributed by atoms with Gasteiger partial charge in [0.05, 0.1) is 4.88 Å². The van der Waals surface area contributed by atoms with Gasteiger partial charge in [-0.25, -0.2) is 0 Å². The topological polar surface area (TPSA) is 37.3 Å².